The lowest BCUT2D eigenvalue weighted by Crippen LogP contribution is -2.22. The number of pyridine rings is 1. The first-order valence-corrected chi connectivity index (χ1v) is 3.74. The highest BCUT2D eigenvalue weighted by molar-refractivity contribution is 5.33. The summed E-state index contributed by atoms with van der Waals surface area (Å²) in [6, 6.07) is 0.636. The molecule has 1 heterocycles. The van der Waals surface area contributed by atoms with Crippen molar-refractivity contribution >= 4 is 0 Å². The fraction of sp³-hybridized carbons (Fsp3) is 0.286. The van der Waals surface area contributed by atoms with Gasteiger partial charge in [-0.05, 0) is 0 Å². The van der Waals surface area contributed by atoms with Crippen LogP contribution in [0.5, 0.6) is 11.6 Å². The summed E-state index contributed by atoms with van der Waals surface area (Å²) in [6.07, 6.45) is -4.93. The molecule has 1 aromatic rings. The topological polar surface area (TPSA) is 88.3 Å². The Morgan fingerprint density at radius 1 is 1.53 bits per heavy atom. The zero-order chi connectivity index (χ0) is 11.6. The van der Waals surface area contributed by atoms with Crippen molar-refractivity contribution < 1.29 is 23.0 Å². The molecule has 0 aromatic carbocycles. The quantitative estimate of drug-likeness (QED) is 0.680. The maximum Gasteiger partial charge on any atom is 0.574 e. The molecule has 5 nitrogen and oxygen atoms in total. The number of aromatic hydroxyl groups is 1. The lowest BCUT2D eigenvalue weighted by molar-refractivity contribution is -0.276. The van der Waals surface area contributed by atoms with E-state index in [1.165, 1.54) is 0 Å². The second-order valence-corrected chi connectivity index (χ2v) is 2.58. The molecular weight excluding hydrogens is 217 g/mol. The van der Waals surface area contributed by atoms with Crippen molar-refractivity contribution in [1.82, 2.24) is 4.98 Å². The van der Waals surface area contributed by atoms with Crippen LogP contribution in [0.1, 0.15) is 5.56 Å². The SMILES string of the molecule is NCc1c(O)cc(OC(F)(F)F)[nH]c1=O. The molecule has 0 amide bonds. The number of halogens is 3. The van der Waals surface area contributed by atoms with Gasteiger partial charge in [0.05, 0.1) is 5.56 Å². The van der Waals surface area contributed by atoms with Gasteiger partial charge in [0.15, 0.2) is 0 Å². The third-order valence-electron chi connectivity index (χ3n) is 1.52. The summed E-state index contributed by atoms with van der Waals surface area (Å²) in [7, 11) is 0. The van der Waals surface area contributed by atoms with Crippen LogP contribution in [0.15, 0.2) is 10.9 Å². The van der Waals surface area contributed by atoms with Gasteiger partial charge in [0.1, 0.15) is 5.75 Å². The molecule has 84 valence electrons. The minimum Gasteiger partial charge on any atom is -0.507 e. The second-order valence-electron chi connectivity index (χ2n) is 2.58. The molecule has 0 saturated heterocycles. The lowest BCUT2D eigenvalue weighted by Gasteiger charge is -2.09. The van der Waals surface area contributed by atoms with Crippen molar-refractivity contribution in [2.24, 2.45) is 5.73 Å². The van der Waals surface area contributed by atoms with E-state index in [0.29, 0.717) is 6.07 Å². The maximum absolute atomic E-state index is 11.7. The average Bonchev–Trinajstić information content (AvgIpc) is 1.99. The highest BCUT2D eigenvalue weighted by atomic mass is 19.4. The first kappa shape index (κ1) is 11.4. The Hall–Kier alpha value is -1.70. The Labute approximate surface area is 81.3 Å². The Morgan fingerprint density at radius 2 is 2.13 bits per heavy atom. The molecule has 15 heavy (non-hydrogen) atoms. The van der Waals surface area contributed by atoms with E-state index >= 15 is 0 Å². The van der Waals surface area contributed by atoms with Crippen LogP contribution < -0.4 is 16.0 Å². The molecule has 0 spiro atoms. The van der Waals surface area contributed by atoms with Crippen molar-refractivity contribution in [3.05, 3.63) is 22.0 Å². The molecule has 0 saturated carbocycles. The molecule has 0 atom stereocenters. The smallest absolute Gasteiger partial charge is 0.507 e. The van der Waals surface area contributed by atoms with Crippen molar-refractivity contribution in [1.29, 1.82) is 0 Å². The highest BCUT2D eigenvalue weighted by Crippen LogP contribution is 2.23. The van der Waals surface area contributed by atoms with Crippen molar-refractivity contribution in [3.8, 4) is 11.6 Å². The van der Waals surface area contributed by atoms with Gasteiger partial charge >= 0.3 is 6.36 Å². The van der Waals surface area contributed by atoms with E-state index in [1.807, 2.05) is 0 Å². The molecule has 0 radical (unpaired) electrons. The molecule has 0 bridgehead atoms. The van der Waals surface area contributed by atoms with Gasteiger partial charge in [-0.25, -0.2) is 0 Å². The molecule has 0 fully saturated rings. The van der Waals surface area contributed by atoms with Crippen LogP contribution in [-0.2, 0) is 6.54 Å². The number of aromatic nitrogens is 1. The van der Waals surface area contributed by atoms with Crippen molar-refractivity contribution in [2.75, 3.05) is 0 Å². The van der Waals surface area contributed by atoms with Crippen LogP contribution in [0.3, 0.4) is 0 Å². The zero-order valence-electron chi connectivity index (χ0n) is 7.26. The third-order valence-corrected chi connectivity index (χ3v) is 1.52. The number of hydrogen-bond donors (Lipinski definition) is 3. The van der Waals surface area contributed by atoms with E-state index in [1.54, 1.807) is 4.98 Å². The Bertz CT molecular complexity index is 413. The number of hydrogen-bond acceptors (Lipinski definition) is 4. The van der Waals surface area contributed by atoms with Crippen LogP contribution in [-0.4, -0.2) is 16.5 Å². The molecule has 0 aliphatic carbocycles. The van der Waals surface area contributed by atoms with Crippen molar-refractivity contribution in [3.63, 3.8) is 0 Å². The average molecular weight is 224 g/mol. The summed E-state index contributed by atoms with van der Waals surface area (Å²) in [5.41, 5.74) is 3.96. The molecule has 0 unspecified atom stereocenters. The van der Waals surface area contributed by atoms with Gasteiger partial charge in [0.2, 0.25) is 5.88 Å². The van der Waals surface area contributed by atoms with Gasteiger partial charge in [-0.15, -0.1) is 13.2 Å². The number of alkyl halides is 3. The lowest BCUT2D eigenvalue weighted by atomic mass is 10.2. The molecule has 0 aliphatic rings. The van der Waals surface area contributed by atoms with Crippen LogP contribution in [0.25, 0.3) is 0 Å². The minimum atomic E-state index is -4.93. The van der Waals surface area contributed by atoms with Crippen LogP contribution in [0, 0.1) is 0 Å². The van der Waals surface area contributed by atoms with E-state index < -0.39 is 23.6 Å². The van der Waals surface area contributed by atoms with Crippen LogP contribution >= 0.6 is 0 Å². The van der Waals surface area contributed by atoms with E-state index in [-0.39, 0.29) is 12.1 Å². The maximum atomic E-state index is 11.7. The zero-order valence-corrected chi connectivity index (χ0v) is 7.26. The van der Waals surface area contributed by atoms with Gasteiger partial charge in [0.25, 0.3) is 5.56 Å². The third kappa shape index (κ3) is 2.88. The molecule has 0 aliphatic heterocycles. The normalized spacial score (nSPS) is 11.5. The number of H-pyrrole nitrogens is 1. The Kier molecular flexibility index (Phi) is 2.89. The molecule has 1 rings (SSSR count). The monoisotopic (exact) mass is 224 g/mol. The number of nitrogens with one attached hydrogen (secondary N) is 1. The fourth-order valence-corrected chi connectivity index (χ4v) is 0.928. The van der Waals surface area contributed by atoms with Crippen LogP contribution in [0.4, 0.5) is 13.2 Å². The Morgan fingerprint density at radius 3 is 2.53 bits per heavy atom. The minimum absolute atomic E-state index is 0.204. The summed E-state index contributed by atoms with van der Waals surface area (Å²) in [6.45, 7) is -0.284. The van der Waals surface area contributed by atoms with Gasteiger partial charge in [-0.2, -0.15) is 0 Å². The predicted molar refractivity (Wildman–Crippen MR) is 43.3 cm³/mol. The van der Waals surface area contributed by atoms with Gasteiger partial charge < -0.3 is 15.6 Å². The summed E-state index contributed by atoms with van der Waals surface area (Å²) in [4.78, 5) is 12.8. The van der Waals surface area contributed by atoms with E-state index in [0.717, 1.165) is 0 Å². The summed E-state index contributed by atoms with van der Waals surface area (Å²) in [5, 5.41) is 9.12. The van der Waals surface area contributed by atoms with E-state index in [4.69, 9.17) is 10.8 Å². The first-order valence-electron chi connectivity index (χ1n) is 3.74. The van der Waals surface area contributed by atoms with Gasteiger partial charge in [-0.1, -0.05) is 0 Å². The highest BCUT2D eigenvalue weighted by Gasteiger charge is 2.32. The number of aromatic amines is 1. The predicted octanol–water partition coefficient (Wildman–Crippen LogP) is 0.438. The van der Waals surface area contributed by atoms with Crippen molar-refractivity contribution in [2.45, 2.75) is 12.9 Å². The second kappa shape index (κ2) is 3.81. The van der Waals surface area contributed by atoms with E-state index in [9.17, 15) is 18.0 Å². The Balaban J connectivity index is 3.10. The van der Waals surface area contributed by atoms with Gasteiger partial charge in [0, 0.05) is 12.6 Å². The van der Waals surface area contributed by atoms with Crippen LogP contribution in [0.2, 0.25) is 0 Å². The molecule has 1 aromatic heterocycles. The largest absolute Gasteiger partial charge is 0.574 e. The fourth-order valence-electron chi connectivity index (χ4n) is 0.928. The molecule has 4 N–H and O–H groups in total. The first-order chi connectivity index (χ1) is 6.83. The molecule has 8 heteroatoms. The number of nitrogens with two attached hydrogens (primary N) is 1. The summed E-state index contributed by atoms with van der Waals surface area (Å²) < 4.78 is 38.6. The molecular formula is C7H7F3N2O3. The number of rotatable bonds is 2. The standard InChI is InChI=1S/C7H7F3N2O3/c8-7(9,10)15-5-1-4(13)3(2-11)6(14)12-5/h1H,2,11H2,(H2,12,13,14). The summed E-state index contributed by atoms with van der Waals surface area (Å²) >= 11 is 0. The summed E-state index contributed by atoms with van der Waals surface area (Å²) in [5.74, 6) is -1.53. The van der Waals surface area contributed by atoms with E-state index in [2.05, 4.69) is 4.74 Å². The number of ether oxygens (including phenoxy) is 1. The van der Waals surface area contributed by atoms with Gasteiger partial charge in [-0.3, -0.25) is 9.78 Å².